The monoisotopic (exact) mass is 356 g/mol. The summed E-state index contributed by atoms with van der Waals surface area (Å²) in [5.74, 6) is 1.45. The van der Waals surface area contributed by atoms with Crippen molar-refractivity contribution in [3.8, 4) is 11.5 Å². The lowest BCUT2D eigenvalue weighted by atomic mass is 10.2. The molecule has 3 aromatic rings. The summed E-state index contributed by atoms with van der Waals surface area (Å²) in [7, 11) is 0. The molecular formula is C20H15F3N2O. The molecule has 0 atom stereocenters. The molecule has 0 aliphatic carbocycles. The zero-order valence-corrected chi connectivity index (χ0v) is 13.6. The number of nitrogens with zero attached hydrogens (tertiary/aromatic N) is 1. The number of benzene rings is 3. The van der Waals surface area contributed by atoms with Crippen molar-refractivity contribution in [2.24, 2.45) is 5.10 Å². The first kappa shape index (κ1) is 17.5. The third-order valence-corrected chi connectivity index (χ3v) is 3.48. The summed E-state index contributed by atoms with van der Waals surface area (Å²) in [5.41, 5.74) is 3.30. The topological polar surface area (TPSA) is 33.6 Å². The number of nitrogens with one attached hydrogen (secondary N) is 1. The van der Waals surface area contributed by atoms with E-state index in [1.807, 2.05) is 54.6 Å². The van der Waals surface area contributed by atoms with Crippen LogP contribution in [0.3, 0.4) is 0 Å². The molecule has 0 spiro atoms. The van der Waals surface area contributed by atoms with E-state index in [0.29, 0.717) is 11.4 Å². The van der Waals surface area contributed by atoms with Gasteiger partial charge >= 0.3 is 6.18 Å². The van der Waals surface area contributed by atoms with E-state index in [1.165, 1.54) is 12.1 Å². The van der Waals surface area contributed by atoms with Gasteiger partial charge in [-0.25, -0.2) is 0 Å². The summed E-state index contributed by atoms with van der Waals surface area (Å²) in [6, 6.07) is 21.4. The highest BCUT2D eigenvalue weighted by atomic mass is 19.4. The van der Waals surface area contributed by atoms with Crippen LogP contribution in [-0.2, 0) is 6.18 Å². The van der Waals surface area contributed by atoms with E-state index in [0.717, 1.165) is 23.4 Å². The summed E-state index contributed by atoms with van der Waals surface area (Å²) < 4.78 is 43.2. The molecule has 0 bridgehead atoms. The van der Waals surface area contributed by atoms with Crippen LogP contribution in [-0.4, -0.2) is 6.21 Å². The summed E-state index contributed by atoms with van der Waals surface area (Å²) >= 11 is 0. The molecule has 0 heterocycles. The second kappa shape index (κ2) is 7.74. The van der Waals surface area contributed by atoms with E-state index in [-0.39, 0.29) is 0 Å². The first-order valence-corrected chi connectivity index (χ1v) is 7.80. The number of hydrogen-bond acceptors (Lipinski definition) is 3. The SMILES string of the molecule is FC(F)(F)c1ccc(NN=Cc2ccc(Oc3ccccc3)cc2)cc1. The molecule has 1 N–H and O–H groups in total. The average Bonchev–Trinajstić information content (AvgIpc) is 2.64. The molecule has 3 nitrogen and oxygen atoms in total. The van der Waals surface area contributed by atoms with Crippen LogP contribution in [0.1, 0.15) is 11.1 Å². The maximum atomic E-state index is 12.5. The summed E-state index contributed by atoms with van der Waals surface area (Å²) in [5, 5.41) is 4.02. The highest BCUT2D eigenvalue weighted by molar-refractivity contribution is 5.80. The number of alkyl halides is 3. The number of hydrogen-bond donors (Lipinski definition) is 1. The van der Waals surface area contributed by atoms with Crippen LogP contribution < -0.4 is 10.2 Å². The van der Waals surface area contributed by atoms with Gasteiger partial charge in [0.2, 0.25) is 0 Å². The zero-order valence-electron chi connectivity index (χ0n) is 13.6. The lowest BCUT2D eigenvalue weighted by Gasteiger charge is -2.07. The fourth-order valence-electron chi connectivity index (χ4n) is 2.16. The molecule has 0 saturated heterocycles. The lowest BCUT2D eigenvalue weighted by Crippen LogP contribution is -2.04. The van der Waals surface area contributed by atoms with Crippen molar-refractivity contribution < 1.29 is 17.9 Å². The van der Waals surface area contributed by atoms with Crippen molar-refractivity contribution in [2.75, 3.05) is 5.43 Å². The second-order valence-electron chi connectivity index (χ2n) is 5.43. The van der Waals surface area contributed by atoms with E-state index < -0.39 is 11.7 Å². The first-order chi connectivity index (χ1) is 12.5. The van der Waals surface area contributed by atoms with Crippen LogP contribution in [0.25, 0.3) is 0 Å². The van der Waals surface area contributed by atoms with Crippen LogP contribution in [0.15, 0.2) is 84.0 Å². The molecule has 3 aromatic carbocycles. The fraction of sp³-hybridized carbons (Fsp3) is 0.0500. The minimum atomic E-state index is -4.34. The van der Waals surface area contributed by atoms with Crippen molar-refractivity contribution >= 4 is 11.9 Å². The largest absolute Gasteiger partial charge is 0.457 e. The van der Waals surface area contributed by atoms with E-state index >= 15 is 0 Å². The van der Waals surface area contributed by atoms with E-state index in [1.54, 1.807) is 6.21 Å². The fourth-order valence-corrected chi connectivity index (χ4v) is 2.16. The van der Waals surface area contributed by atoms with Crippen LogP contribution >= 0.6 is 0 Å². The molecule has 0 aliphatic heterocycles. The van der Waals surface area contributed by atoms with Crippen molar-refractivity contribution in [2.45, 2.75) is 6.18 Å². The molecule has 3 rings (SSSR count). The Morgan fingerprint density at radius 3 is 2.00 bits per heavy atom. The standard InChI is InChI=1S/C20H15F3N2O/c21-20(22,23)16-8-10-17(11-9-16)25-24-14-15-6-12-19(13-7-15)26-18-4-2-1-3-5-18/h1-14,25H. The van der Waals surface area contributed by atoms with Crippen LogP contribution in [0.5, 0.6) is 11.5 Å². The third kappa shape index (κ3) is 4.86. The van der Waals surface area contributed by atoms with Crippen molar-refractivity contribution in [1.29, 1.82) is 0 Å². The van der Waals surface area contributed by atoms with Gasteiger partial charge in [0.05, 0.1) is 17.5 Å². The van der Waals surface area contributed by atoms with Gasteiger partial charge in [-0.15, -0.1) is 0 Å². The predicted molar refractivity (Wildman–Crippen MR) is 95.6 cm³/mol. The maximum absolute atomic E-state index is 12.5. The van der Waals surface area contributed by atoms with E-state index in [9.17, 15) is 13.2 Å². The normalized spacial score (nSPS) is 11.5. The number of hydrazone groups is 1. The highest BCUT2D eigenvalue weighted by Gasteiger charge is 2.29. The molecule has 132 valence electrons. The molecule has 0 unspecified atom stereocenters. The maximum Gasteiger partial charge on any atom is 0.416 e. The minimum absolute atomic E-state index is 0.471. The summed E-state index contributed by atoms with van der Waals surface area (Å²) in [6.07, 6.45) is -2.77. The van der Waals surface area contributed by atoms with Crippen LogP contribution in [0.2, 0.25) is 0 Å². The Balaban J connectivity index is 1.57. The molecule has 0 aliphatic rings. The summed E-state index contributed by atoms with van der Waals surface area (Å²) in [6.45, 7) is 0. The molecule has 6 heteroatoms. The molecule has 0 saturated carbocycles. The van der Waals surface area contributed by atoms with Crippen LogP contribution in [0.4, 0.5) is 18.9 Å². The lowest BCUT2D eigenvalue weighted by molar-refractivity contribution is -0.137. The molecule has 0 radical (unpaired) electrons. The molecular weight excluding hydrogens is 341 g/mol. The van der Waals surface area contributed by atoms with Gasteiger partial charge in [-0.2, -0.15) is 18.3 Å². The highest BCUT2D eigenvalue weighted by Crippen LogP contribution is 2.29. The molecule has 0 amide bonds. The van der Waals surface area contributed by atoms with E-state index in [4.69, 9.17) is 4.74 Å². The Morgan fingerprint density at radius 2 is 1.38 bits per heavy atom. The number of anilines is 1. The van der Waals surface area contributed by atoms with Crippen molar-refractivity contribution in [3.63, 3.8) is 0 Å². The van der Waals surface area contributed by atoms with Crippen molar-refractivity contribution in [3.05, 3.63) is 90.0 Å². The van der Waals surface area contributed by atoms with Crippen LogP contribution in [0, 0.1) is 0 Å². The molecule has 26 heavy (non-hydrogen) atoms. The minimum Gasteiger partial charge on any atom is -0.457 e. The Hall–Kier alpha value is -3.28. The van der Waals surface area contributed by atoms with Gasteiger partial charge in [-0.05, 0) is 66.2 Å². The van der Waals surface area contributed by atoms with Gasteiger partial charge < -0.3 is 4.74 Å². The smallest absolute Gasteiger partial charge is 0.416 e. The van der Waals surface area contributed by atoms with Gasteiger partial charge in [-0.3, -0.25) is 5.43 Å². The zero-order chi connectivity index (χ0) is 18.4. The molecule has 0 aromatic heterocycles. The Bertz CT molecular complexity index is 858. The second-order valence-corrected chi connectivity index (χ2v) is 5.43. The van der Waals surface area contributed by atoms with Gasteiger partial charge in [-0.1, -0.05) is 18.2 Å². The van der Waals surface area contributed by atoms with Gasteiger partial charge in [0.25, 0.3) is 0 Å². The van der Waals surface area contributed by atoms with Crippen molar-refractivity contribution in [1.82, 2.24) is 0 Å². The quantitative estimate of drug-likeness (QED) is 0.453. The Kier molecular flexibility index (Phi) is 5.22. The van der Waals surface area contributed by atoms with Gasteiger partial charge in [0.1, 0.15) is 11.5 Å². The number of ether oxygens (including phenoxy) is 1. The number of rotatable bonds is 5. The molecule has 0 fully saturated rings. The first-order valence-electron chi connectivity index (χ1n) is 7.80. The van der Waals surface area contributed by atoms with E-state index in [2.05, 4.69) is 10.5 Å². The number of halogens is 3. The average molecular weight is 356 g/mol. The third-order valence-electron chi connectivity index (χ3n) is 3.48. The summed E-state index contributed by atoms with van der Waals surface area (Å²) in [4.78, 5) is 0. The number of para-hydroxylation sites is 1. The predicted octanol–water partition coefficient (Wildman–Crippen LogP) is 5.94. The van der Waals surface area contributed by atoms with Gasteiger partial charge in [0, 0.05) is 0 Å². The Morgan fingerprint density at radius 1 is 0.769 bits per heavy atom. The Labute approximate surface area is 148 Å². The van der Waals surface area contributed by atoms with Gasteiger partial charge in [0.15, 0.2) is 0 Å².